The van der Waals surface area contributed by atoms with Crippen LogP contribution in [0.25, 0.3) is 0 Å². The van der Waals surface area contributed by atoms with Crippen LogP contribution in [0.5, 0.6) is 0 Å². The van der Waals surface area contributed by atoms with Gasteiger partial charge in [0.25, 0.3) is 0 Å². The van der Waals surface area contributed by atoms with Crippen molar-refractivity contribution in [2.45, 2.75) is 18.3 Å². The van der Waals surface area contributed by atoms with Crippen molar-refractivity contribution in [3.8, 4) is 0 Å². The lowest BCUT2D eigenvalue weighted by Gasteiger charge is -2.16. The van der Waals surface area contributed by atoms with Gasteiger partial charge in [0.1, 0.15) is 0 Å². The fourth-order valence-corrected chi connectivity index (χ4v) is 0.895. The third-order valence-electron chi connectivity index (χ3n) is 1.24. The van der Waals surface area contributed by atoms with Gasteiger partial charge in [0.15, 0.2) is 0 Å². The van der Waals surface area contributed by atoms with Gasteiger partial charge in [-0.05, 0) is 6.92 Å². The summed E-state index contributed by atoms with van der Waals surface area (Å²) in [5.41, 5.74) is 0. The summed E-state index contributed by atoms with van der Waals surface area (Å²) in [6.45, 7) is 3.01. The van der Waals surface area contributed by atoms with Crippen molar-refractivity contribution in [1.82, 2.24) is 5.32 Å². The summed E-state index contributed by atoms with van der Waals surface area (Å²) < 4.78 is 0. The highest BCUT2D eigenvalue weighted by Gasteiger charge is 2.06. The van der Waals surface area contributed by atoms with E-state index < -0.39 is 0 Å². The normalized spacial score (nSPS) is 37.8. The summed E-state index contributed by atoms with van der Waals surface area (Å²) in [6.07, 6.45) is 4.11. The summed E-state index contributed by atoms with van der Waals surface area (Å²) in [5.74, 6) is 0. The smallest absolute Gasteiger partial charge is 0.0641 e. The molecule has 0 aromatic heterocycles. The third-order valence-corrected chi connectivity index (χ3v) is 1.54. The molecule has 2 atom stereocenters. The summed E-state index contributed by atoms with van der Waals surface area (Å²) in [7, 11) is 0. The molecule has 0 aromatic carbocycles. The average Bonchev–Trinajstić information content (AvgIpc) is 1.77. The Morgan fingerprint density at radius 2 is 2.38 bits per heavy atom. The molecule has 1 aliphatic heterocycles. The molecule has 46 valence electrons. The molecule has 2 unspecified atom stereocenters. The lowest BCUT2D eigenvalue weighted by molar-refractivity contribution is 0.616. The molecule has 0 bridgehead atoms. The second-order valence-electron chi connectivity index (χ2n) is 2.10. The van der Waals surface area contributed by atoms with Gasteiger partial charge < -0.3 is 5.32 Å². The fourth-order valence-electron chi connectivity index (χ4n) is 0.722. The van der Waals surface area contributed by atoms with Gasteiger partial charge in [0.05, 0.1) is 5.38 Å². The summed E-state index contributed by atoms with van der Waals surface area (Å²) in [5, 5.41) is 3.41. The van der Waals surface area contributed by atoms with E-state index in [0.717, 1.165) is 6.54 Å². The van der Waals surface area contributed by atoms with Gasteiger partial charge in [-0.1, -0.05) is 12.2 Å². The SMILES string of the molecule is CC1C=CC(Cl)CN1. The largest absolute Gasteiger partial charge is 0.309 e. The monoisotopic (exact) mass is 131 g/mol. The molecule has 0 amide bonds. The minimum absolute atomic E-state index is 0.200. The lowest BCUT2D eigenvalue weighted by Crippen LogP contribution is -2.33. The fraction of sp³-hybridized carbons (Fsp3) is 0.667. The van der Waals surface area contributed by atoms with Gasteiger partial charge in [-0.15, -0.1) is 11.6 Å². The van der Waals surface area contributed by atoms with E-state index in [1.165, 1.54) is 0 Å². The van der Waals surface area contributed by atoms with E-state index in [9.17, 15) is 0 Å². The van der Waals surface area contributed by atoms with Crippen LogP contribution >= 0.6 is 11.6 Å². The van der Waals surface area contributed by atoms with E-state index in [2.05, 4.69) is 18.3 Å². The molecule has 1 aliphatic rings. The van der Waals surface area contributed by atoms with E-state index in [1.807, 2.05) is 6.08 Å². The number of halogens is 1. The van der Waals surface area contributed by atoms with Gasteiger partial charge >= 0.3 is 0 Å². The molecule has 1 rings (SSSR count). The molecule has 1 nitrogen and oxygen atoms in total. The summed E-state index contributed by atoms with van der Waals surface area (Å²) in [6, 6.07) is 0.505. The molecule has 1 heterocycles. The highest BCUT2D eigenvalue weighted by Crippen LogP contribution is 2.02. The minimum Gasteiger partial charge on any atom is -0.309 e. The topological polar surface area (TPSA) is 12.0 Å². The Morgan fingerprint density at radius 1 is 1.62 bits per heavy atom. The van der Waals surface area contributed by atoms with Crippen molar-refractivity contribution in [3.05, 3.63) is 12.2 Å². The number of rotatable bonds is 0. The van der Waals surface area contributed by atoms with Crippen LogP contribution in [0.4, 0.5) is 0 Å². The first-order valence-electron chi connectivity index (χ1n) is 2.85. The van der Waals surface area contributed by atoms with Crippen LogP contribution < -0.4 is 5.32 Å². The lowest BCUT2D eigenvalue weighted by atomic mass is 10.2. The number of hydrogen-bond donors (Lipinski definition) is 1. The van der Waals surface area contributed by atoms with Crippen molar-refractivity contribution in [3.63, 3.8) is 0 Å². The zero-order valence-corrected chi connectivity index (χ0v) is 5.65. The highest BCUT2D eigenvalue weighted by atomic mass is 35.5. The second kappa shape index (κ2) is 2.51. The zero-order valence-electron chi connectivity index (χ0n) is 4.89. The molecule has 0 aliphatic carbocycles. The van der Waals surface area contributed by atoms with E-state index >= 15 is 0 Å². The molecule has 0 aromatic rings. The number of nitrogens with one attached hydrogen (secondary N) is 1. The van der Waals surface area contributed by atoms with E-state index in [4.69, 9.17) is 11.6 Å². The maximum atomic E-state index is 5.73. The molecule has 2 heteroatoms. The Labute approximate surface area is 54.7 Å². The quantitative estimate of drug-likeness (QED) is 0.384. The average molecular weight is 132 g/mol. The van der Waals surface area contributed by atoms with Crippen molar-refractivity contribution >= 4 is 11.6 Å². The van der Waals surface area contributed by atoms with Crippen LogP contribution in [-0.2, 0) is 0 Å². The molecule has 8 heavy (non-hydrogen) atoms. The molecular weight excluding hydrogens is 122 g/mol. The van der Waals surface area contributed by atoms with Gasteiger partial charge in [-0.2, -0.15) is 0 Å². The van der Waals surface area contributed by atoms with Gasteiger partial charge in [0, 0.05) is 12.6 Å². The van der Waals surface area contributed by atoms with Crippen molar-refractivity contribution in [2.75, 3.05) is 6.54 Å². The predicted octanol–water partition coefficient (Wildman–Crippen LogP) is 1.14. The van der Waals surface area contributed by atoms with Crippen LogP contribution in [0.1, 0.15) is 6.92 Å². The Hall–Kier alpha value is -0.0100. The maximum absolute atomic E-state index is 5.73. The predicted molar refractivity (Wildman–Crippen MR) is 36.2 cm³/mol. The van der Waals surface area contributed by atoms with Crippen LogP contribution in [0.2, 0.25) is 0 Å². The Bertz CT molecular complexity index is 88.7. The van der Waals surface area contributed by atoms with Crippen LogP contribution in [-0.4, -0.2) is 18.0 Å². The first-order chi connectivity index (χ1) is 3.79. The Kier molecular flexibility index (Phi) is 1.92. The molecular formula is C6H10ClN. The Balaban J connectivity index is 2.42. The molecule has 0 saturated carbocycles. The molecule has 1 N–H and O–H groups in total. The summed E-state index contributed by atoms with van der Waals surface area (Å²) in [4.78, 5) is 0. The minimum atomic E-state index is 0.200. The molecule has 0 spiro atoms. The zero-order chi connectivity index (χ0) is 5.98. The van der Waals surface area contributed by atoms with E-state index in [1.54, 1.807) is 0 Å². The molecule has 0 saturated heterocycles. The third kappa shape index (κ3) is 1.49. The van der Waals surface area contributed by atoms with Crippen LogP contribution in [0, 0.1) is 0 Å². The molecule has 0 radical (unpaired) electrons. The van der Waals surface area contributed by atoms with E-state index in [-0.39, 0.29) is 5.38 Å². The number of alkyl halides is 1. The Morgan fingerprint density at radius 3 is 2.75 bits per heavy atom. The number of hydrogen-bond acceptors (Lipinski definition) is 1. The maximum Gasteiger partial charge on any atom is 0.0641 e. The van der Waals surface area contributed by atoms with Crippen molar-refractivity contribution in [2.24, 2.45) is 0 Å². The van der Waals surface area contributed by atoms with Crippen LogP contribution in [0.3, 0.4) is 0 Å². The van der Waals surface area contributed by atoms with Crippen molar-refractivity contribution < 1.29 is 0 Å². The first-order valence-corrected chi connectivity index (χ1v) is 3.28. The summed E-state index contributed by atoms with van der Waals surface area (Å²) >= 11 is 5.73. The highest BCUT2D eigenvalue weighted by molar-refractivity contribution is 6.22. The van der Waals surface area contributed by atoms with E-state index in [0.29, 0.717) is 6.04 Å². The molecule has 0 fully saturated rings. The first kappa shape index (κ1) is 6.12. The standard InChI is InChI=1S/C6H10ClN/c1-5-2-3-6(7)4-8-5/h2-3,5-6,8H,4H2,1H3. The second-order valence-corrected chi connectivity index (χ2v) is 2.66. The van der Waals surface area contributed by atoms with Gasteiger partial charge in [-0.3, -0.25) is 0 Å². The van der Waals surface area contributed by atoms with Gasteiger partial charge in [-0.25, -0.2) is 0 Å². The van der Waals surface area contributed by atoms with Gasteiger partial charge in [0.2, 0.25) is 0 Å². The van der Waals surface area contributed by atoms with Crippen LogP contribution in [0.15, 0.2) is 12.2 Å². The van der Waals surface area contributed by atoms with Crippen molar-refractivity contribution in [1.29, 1.82) is 0 Å².